The van der Waals surface area contributed by atoms with Crippen LogP contribution in [0.4, 0.5) is 5.95 Å². The molecule has 1 aliphatic heterocycles. The Labute approximate surface area is 187 Å². The molecule has 0 aliphatic carbocycles. The molecule has 0 amide bonds. The molecule has 4 rings (SSSR count). The fourth-order valence-corrected chi connectivity index (χ4v) is 4.06. The first-order chi connectivity index (χ1) is 15.6. The number of nitrogens with one attached hydrogen (secondary N) is 1. The summed E-state index contributed by atoms with van der Waals surface area (Å²) in [4.78, 5) is 23.9. The number of cyclic esters (lactones) is 1. The van der Waals surface area contributed by atoms with Gasteiger partial charge in [-0.15, -0.1) is 0 Å². The molecule has 168 valence electrons. The van der Waals surface area contributed by atoms with E-state index < -0.39 is 0 Å². The number of nitrogens with zero attached hydrogens (tertiary/aromatic N) is 3. The maximum Gasteiger partial charge on any atom is 0.339 e. The molecule has 0 unspecified atom stereocenters. The Morgan fingerprint density at radius 3 is 2.38 bits per heavy atom. The van der Waals surface area contributed by atoms with E-state index in [1.54, 1.807) is 26.6 Å². The zero-order valence-electron chi connectivity index (χ0n) is 18.9. The lowest BCUT2D eigenvalue weighted by atomic mass is 9.91. The molecule has 0 radical (unpaired) electrons. The number of esters is 1. The second-order valence-corrected chi connectivity index (χ2v) is 7.54. The molecule has 2 heterocycles. The first kappa shape index (κ1) is 21.8. The molecule has 1 aromatic heterocycles. The number of carbonyl (C=O) groups excluding carboxylic acids is 1. The molecule has 0 bridgehead atoms. The Morgan fingerprint density at radius 2 is 1.72 bits per heavy atom. The van der Waals surface area contributed by atoms with Gasteiger partial charge in [-0.3, -0.25) is 0 Å². The summed E-state index contributed by atoms with van der Waals surface area (Å²) in [5, 5.41) is 5.04. The Morgan fingerprint density at radius 1 is 1.03 bits per heavy atom. The third-order valence-corrected chi connectivity index (χ3v) is 5.83. The van der Waals surface area contributed by atoms with Crippen LogP contribution in [0.15, 0.2) is 30.6 Å². The summed E-state index contributed by atoms with van der Waals surface area (Å²) >= 11 is 0. The maximum absolute atomic E-state index is 12.6. The normalized spacial score (nSPS) is 12.7. The number of ether oxygens (including phenoxy) is 3. The van der Waals surface area contributed by atoms with E-state index in [0.29, 0.717) is 23.0 Å². The molecule has 0 saturated carbocycles. The number of aromatic nitrogens is 2. The fraction of sp³-hybridized carbons (Fsp3) is 0.375. The van der Waals surface area contributed by atoms with Crippen molar-refractivity contribution in [2.75, 3.05) is 45.7 Å². The van der Waals surface area contributed by atoms with E-state index in [1.807, 2.05) is 18.2 Å². The van der Waals surface area contributed by atoms with Crippen molar-refractivity contribution >= 4 is 22.7 Å². The van der Waals surface area contributed by atoms with Crippen LogP contribution in [0, 0.1) is 0 Å². The van der Waals surface area contributed by atoms with Gasteiger partial charge in [0, 0.05) is 42.2 Å². The summed E-state index contributed by atoms with van der Waals surface area (Å²) in [6.07, 6.45) is 3.48. The summed E-state index contributed by atoms with van der Waals surface area (Å²) in [6.45, 7) is 8.23. The van der Waals surface area contributed by atoms with Gasteiger partial charge in [0.2, 0.25) is 5.95 Å². The SMILES string of the molecule is CCN(CC)CCNc1ncc(-c2c3c(cc4cc(OC)c(OC)cc24)COC3=O)cn1. The lowest BCUT2D eigenvalue weighted by Gasteiger charge is -2.18. The van der Waals surface area contributed by atoms with Crippen LogP contribution in [0.5, 0.6) is 11.5 Å². The summed E-state index contributed by atoms with van der Waals surface area (Å²) < 4.78 is 16.3. The van der Waals surface area contributed by atoms with Crippen molar-refractivity contribution in [2.24, 2.45) is 0 Å². The van der Waals surface area contributed by atoms with Gasteiger partial charge in [0.1, 0.15) is 6.61 Å². The number of fused-ring (bicyclic) bond motifs is 2. The standard InChI is InChI=1S/C24H28N4O4/c1-5-28(6-2)8-7-25-24-26-12-17(13-27-24)21-18-11-20(31-4)19(30-3)10-15(18)9-16-14-32-23(29)22(16)21/h9-13H,5-8,14H2,1-4H3,(H,25,26,27). The van der Waals surface area contributed by atoms with E-state index in [1.165, 1.54) is 0 Å². The highest BCUT2D eigenvalue weighted by atomic mass is 16.5. The van der Waals surface area contributed by atoms with Gasteiger partial charge in [0.25, 0.3) is 0 Å². The summed E-state index contributed by atoms with van der Waals surface area (Å²) in [5.41, 5.74) is 2.88. The topological polar surface area (TPSA) is 85.8 Å². The average molecular weight is 437 g/mol. The van der Waals surface area contributed by atoms with Crippen LogP contribution in [0.1, 0.15) is 29.8 Å². The highest BCUT2D eigenvalue weighted by Crippen LogP contribution is 2.42. The number of carbonyl (C=O) groups is 1. The van der Waals surface area contributed by atoms with E-state index >= 15 is 0 Å². The highest BCUT2D eigenvalue weighted by molar-refractivity contribution is 6.11. The zero-order chi connectivity index (χ0) is 22.7. The molecule has 32 heavy (non-hydrogen) atoms. The molecule has 0 saturated heterocycles. The molecule has 1 aliphatic rings. The monoisotopic (exact) mass is 436 g/mol. The number of rotatable bonds is 9. The van der Waals surface area contributed by atoms with Gasteiger partial charge in [-0.1, -0.05) is 13.8 Å². The van der Waals surface area contributed by atoms with Crippen molar-refractivity contribution in [3.05, 3.63) is 41.7 Å². The second kappa shape index (κ2) is 9.40. The van der Waals surface area contributed by atoms with Gasteiger partial charge in [-0.05, 0) is 42.1 Å². The van der Waals surface area contributed by atoms with Gasteiger partial charge >= 0.3 is 5.97 Å². The van der Waals surface area contributed by atoms with Crippen molar-refractivity contribution in [1.82, 2.24) is 14.9 Å². The Kier molecular flexibility index (Phi) is 6.41. The van der Waals surface area contributed by atoms with Gasteiger partial charge in [0.05, 0.1) is 19.8 Å². The predicted octanol–water partition coefficient (Wildman–Crippen LogP) is 3.74. The van der Waals surface area contributed by atoms with E-state index in [4.69, 9.17) is 14.2 Å². The number of hydrogen-bond acceptors (Lipinski definition) is 8. The molecular weight excluding hydrogens is 408 g/mol. The molecule has 0 fully saturated rings. The van der Waals surface area contributed by atoms with Crippen LogP contribution in [-0.2, 0) is 11.3 Å². The maximum atomic E-state index is 12.6. The third-order valence-electron chi connectivity index (χ3n) is 5.83. The van der Waals surface area contributed by atoms with Crippen molar-refractivity contribution in [3.63, 3.8) is 0 Å². The van der Waals surface area contributed by atoms with Crippen LogP contribution in [-0.4, -0.2) is 61.2 Å². The first-order valence-electron chi connectivity index (χ1n) is 10.8. The molecule has 8 heteroatoms. The Bertz CT molecular complexity index is 1130. The van der Waals surface area contributed by atoms with Crippen LogP contribution < -0.4 is 14.8 Å². The van der Waals surface area contributed by atoms with Gasteiger partial charge in [-0.25, -0.2) is 14.8 Å². The van der Waals surface area contributed by atoms with Crippen LogP contribution in [0.25, 0.3) is 21.9 Å². The number of benzene rings is 2. The van der Waals surface area contributed by atoms with Gasteiger partial charge in [0.15, 0.2) is 11.5 Å². The second-order valence-electron chi connectivity index (χ2n) is 7.54. The number of anilines is 1. The Hall–Kier alpha value is -3.39. The van der Waals surface area contributed by atoms with Crippen molar-refractivity contribution in [2.45, 2.75) is 20.5 Å². The summed E-state index contributed by atoms with van der Waals surface area (Å²) in [7, 11) is 3.19. The summed E-state index contributed by atoms with van der Waals surface area (Å²) in [6, 6.07) is 5.75. The van der Waals surface area contributed by atoms with Crippen LogP contribution in [0.2, 0.25) is 0 Å². The minimum Gasteiger partial charge on any atom is -0.493 e. The third kappa shape index (κ3) is 4.05. The predicted molar refractivity (Wildman–Crippen MR) is 123 cm³/mol. The molecule has 3 aromatic rings. The average Bonchev–Trinajstić information content (AvgIpc) is 3.20. The summed E-state index contributed by atoms with van der Waals surface area (Å²) in [5.74, 6) is 1.43. The lowest BCUT2D eigenvalue weighted by molar-refractivity contribution is 0.0535. The van der Waals surface area contributed by atoms with Gasteiger partial charge < -0.3 is 24.4 Å². The van der Waals surface area contributed by atoms with Crippen LogP contribution in [0.3, 0.4) is 0 Å². The minimum absolute atomic E-state index is 0.247. The zero-order valence-corrected chi connectivity index (χ0v) is 18.9. The quantitative estimate of drug-likeness (QED) is 0.508. The largest absolute Gasteiger partial charge is 0.493 e. The molecule has 2 aromatic carbocycles. The molecular formula is C24H28N4O4. The molecule has 0 atom stereocenters. The first-order valence-corrected chi connectivity index (χ1v) is 10.8. The lowest BCUT2D eigenvalue weighted by Crippen LogP contribution is -2.28. The van der Waals surface area contributed by atoms with Crippen molar-refractivity contribution in [3.8, 4) is 22.6 Å². The van der Waals surface area contributed by atoms with Crippen molar-refractivity contribution < 1.29 is 19.0 Å². The van der Waals surface area contributed by atoms with E-state index in [-0.39, 0.29) is 12.6 Å². The van der Waals surface area contributed by atoms with Crippen molar-refractivity contribution in [1.29, 1.82) is 0 Å². The number of hydrogen-bond donors (Lipinski definition) is 1. The van der Waals surface area contributed by atoms with Gasteiger partial charge in [-0.2, -0.15) is 0 Å². The van der Waals surface area contributed by atoms with Crippen LogP contribution >= 0.6 is 0 Å². The molecule has 1 N–H and O–H groups in total. The van der Waals surface area contributed by atoms with E-state index in [2.05, 4.69) is 34.0 Å². The highest BCUT2D eigenvalue weighted by Gasteiger charge is 2.28. The van der Waals surface area contributed by atoms with E-state index in [0.717, 1.165) is 53.6 Å². The molecule has 0 spiro atoms. The minimum atomic E-state index is -0.340. The Balaban J connectivity index is 1.73. The number of likely N-dealkylation sites (N-methyl/N-ethyl adjacent to an activating group) is 1. The fourth-order valence-electron chi connectivity index (χ4n) is 4.06. The smallest absolute Gasteiger partial charge is 0.339 e. The number of methoxy groups -OCH3 is 2. The van der Waals surface area contributed by atoms with E-state index in [9.17, 15) is 4.79 Å². The molecule has 8 nitrogen and oxygen atoms in total.